The summed E-state index contributed by atoms with van der Waals surface area (Å²) in [5.41, 5.74) is 10.8. The maximum atomic E-state index is 13.5. The fourth-order valence-corrected chi connectivity index (χ4v) is 3.71. The van der Waals surface area contributed by atoms with E-state index < -0.39 is 17.5 Å². The first-order chi connectivity index (χ1) is 17.1. The van der Waals surface area contributed by atoms with Crippen LogP contribution in [0.4, 0.5) is 13.2 Å². The first kappa shape index (κ1) is 27.3. The van der Waals surface area contributed by atoms with Crippen molar-refractivity contribution in [1.29, 1.82) is 0 Å². The zero-order chi connectivity index (χ0) is 26.2. The van der Waals surface area contributed by atoms with Gasteiger partial charge in [-0.1, -0.05) is 11.6 Å². The molecule has 0 spiro atoms. The summed E-state index contributed by atoms with van der Waals surface area (Å²) in [6.07, 6.45) is 0.706. The summed E-state index contributed by atoms with van der Waals surface area (Å²) in [6.45, 7) is 4.49. The lowest BCUT2D eigenvalue weighted by molar-refractivity contribution is 0.182. The SMILES string of the molecule is C[C@@H](C[C@H]1COC(N)=N1)Oc1ccc(Cl)cc1F.C[C@@H](C[C@H]1COC(N)=N1)Oc1ccc(F)cc1F. The van der Waals surface area contributed by atoms with Gasteiger partial charge in [-0.3, -0.25) is 0 Å². The van der Waals surface area contributed by atoms with Gasteiger partial charge in [0.2, 0.25) is 0 Å². The van der Waals surface area contributed by atoms with Crippen LogP contribution in [-0.4, -0.2) is 49.5 Å². The monoisotopic (exact) mass is 528 g/mol. The normalized spacial score (nSPS) is 20.2. The predicted molar refractivity (Wildman–Crippen MR) is 130 cm³/mol. The van der Waals surface area contributed by atoms with Crippen molar-refractivity contribution in [3.63, 3.8) is 0 Å². The quantitative estimate of drug-likeness (QED) is 0.531. The summed E-state index contributed by atoms with van der Waals surface area (Å²) < 4.78 is 60.5. The zero-order valence-electron chi connectivity index (χ0n) is 19.8. The van der Waals surface area contributed by atoms with Crippen molar-refractivity contribution in [3.05, 3.63) is 58.9 Å². The van der Waals surface area contributed by atoms with E-state index in [0.29, 0.717) is 31.1 Å². The Bertz CT molecular complexity index is 1020. The molecule has 0 aliphatic carbocycles. The zero-order valence-corrected chi connectivity index (χ0v) is 20.6. The molecular weight excluding hydrogens is 501 g/mol. The van der Waals surface area contributed by atoms with Gasteiger partial charge in [-0.05, 0) is 44.2 Å². The number of nitrogens with zero attached hydrogens (tertiary/aromatic N) is 2. The van der Waals surface area contributed by atoms with Crippen LogP contribution < -0.4 is 20.9 Å². The van der Waals surface area contributed by atoms with Gasteiger partial charge >= 0.3 is 0 Å². The number of ether oxygens (including phenoxy) is 4. The van der Waals surface area contributed by atoms with E-state index in [2.05, 4.69) is 9.98 Å². The Morgan fingerprint density at radius 1 is 0.861 bits per heavy atom. The Balaban J connectivity index is 0.000000201. The average Bonchev–Trinajstić information content (AvgIpc) is 3.40. The molecule has 2 aliphatic heterocycles. The molecule has 0 radical (unpaired) electrons. The fraction of sp³-hybridized carbons (Fsp3) is 0.417. The first-order valence-electron chi connectivity index (χ1n) is 11.2. The number of hydrogen-bond donors (Lipinski definition) is 2. The van der Waals surface area contributed by atoms with Crippen LogP contribution in [0, 0.1) is 17.5 Å². The summed E-state index contributed by atoms with van der Waals surface area (Å²) in [6, 6.07) is 7.78. The molecule has 12 heteroatoms. The Kier molecular flexibility index (Phi) is 9.51. The number of benzene rings is 2. The molecule has 0 saturated carbocycles. The lowest BCUT2D eigenvalue weighted by Gasteiger charge is -2.16. The Hall–Kier alpha value is -3.34. The topological polar surface area (TPSA) is 114 Å². The molecule has 196 valence electrons. The third-order valence-electron chi connectivity index (χ3n) is 5.12. The van der Waals surface area contributed by atoms with Gasteiger partial charge in [-0.2, -0.15) is 0 Å². The molecule has 2 heterocycles. The molecular formula is C24H28ClF3N4O4. The van der Waals surface area contributed by atoms with Crippen LogP contribution in [-0.2, 0) is 9.47 Å². The molecule has 4 atom stereocenters. The number of amidine groups is 2. The molecule has 2 aromatic carbocycles. The van der Waals surface area contributed by atoms with Crippen LogP contribution in [0.2, 0.25) is 5.02 Å². The highest BCUT2D eigenvalue weighted by molar-refractivity contribution is 6.30. The van der Waals surface area contributed by atoms with E-state index in [1.165, 1.54) is 18.2 Å². The Labute approximate surface area is 212 Å². The van der Waals surface area contributed by atoms with E-state index >= 15 is 0 Å². The number of halogens is 4. The maximum Gasteiger partial charge on any atom is 0.282 e. The Morgan fingerprint density at radius 3 is 1.75 bits per heavy atom. The van der Waals surface area contributed by atoms with Gasteiger partial charge in [0.25, 0.3) is 12.0 Å². The third kappa shape index (κ3) is 8.40. The van der Waals surface area contributed by atoms with Gasteiger partial charge < -0.3 is 30.4 Å². The number of nitrogens with two attached hydrogens (primary N) is 2. The van der Waals surface area contributed by atoms with E-state index in [9.17, 15) is 13.2 Å². The molecule has 2 aliphatic rings. The lowest BCUT2D eigenvalue weighted by Crippen LogP contribution is -2.20. The second kappa shape index (κ2) is 12.6. The minimum Gasteiger partial charge on any atom is -0.488 e. The number of rotatable bonds is 8. The van der Waals surface area contributed by atoms with Crippen molar-refractivity contribution in [3.8, 4) is 11.5 Å². The highest BCUT2D eigenvalue weighted by atomic mass is 35.5. The second-order valence-electron chi connectivity index (χ2n) is 8.34. The smallest absolute Gasteiger partial charge is 0.282 e. The molecule has 0 bridgehead atoms. The van der Waals surface area contributed by atoms with Gasteiger partial charge in [0.1, 0.15) is 19.0 Å². The second-order valence-corrected chi connectivity index (χ2v) is 8.78. The highest BCUT2D eigenvalue weighted by Gasteiger charge is 2.22. The molecule has 0 saturated heterocycles. The summed E-state index contributed by atoms with van der Waals surface area (Å²) in [4.78, 5) is 8.13. The highest BCUT2D eigenvalue weighted by Crippen LogP contribution is 2.24. The average molecular weight is 529 g/mol. The molecule has 0 unspecified atom stereocenters. The molecule has 36 heavy (non-hydrogen) atoms. The van der Waals surface area contributed by atoms with E-state index in [1.54, 1.807) is 13.0 Å². The Morgan fingerprint density at radius 2 is 1.33 bits per heavy atom. The van der Waals surface area contributed by atoms with Crippen molar-refractivity contribution in [2.75, 3.05) is 13.2 Å². The predicted octanol–water partition coefficient (Wildman–Crippen LogP) is 4.19. The lowest BCUT2D eigenvalue weighted by atomic mass is 10.1. The first-order valence-corrected chi connectivity index (χ1v) is 11.6. The van der Waals surface area contributed by atoms with Crippen LogP contribution >= 0.6 is 11.6 Å². The van der Waals surface area contributed by atoms with Gasteiger partial charge in [0.15, 0.2) is 23.1 Å². The summed E-state index contributed by atoms with van der Waals surface area (Å²) in [5.74, 6) is -1.61. The molecule has 4 rings (SSSR count). The molecule has 8 nitrogen and oxygen atoms in total. The largest absolute Gasteiger partial charge is 0.488 e. The van der Waals surface area contributed by atoms with Crippen molar-refractivity contribution in [1.82, 2.24) is 0 Å². The van der Waals surface area contributed by atoms with Gasteiger partial charge in [-0.25, -0.2) is 23.2 Å². The van der Waals surface area contributed by atoms with E-state index in [4.69, 9.17) is 42.0 Å². The summed E-state index contributed by atoms with van der Waals surface area (Å²) >= 11 is 5.66. The van der Waals surface area contributed by atoms with Gasteiger partial charge in [0.05, 0.1) is 24.3 Å². The van der Waals surface area contributed by atoms with Crippen molar-refractivity contribution >= 4 is 23.6 Å². The molecule has 0 aromatic heterocycles. The van der Waals surface area contributed by atoms with Crippen LogP contribution in [0.3, 0.4) is 0 Å². The van der Waals surface area contributed by atoms with Crippen molar-refractivity contribution in [2.45, 2.75) is 51.0 Å². The number of aliphatic imine (C=N–C) groups is 2. The van der Waals surface area contributed by atoms with Crippen LogP contribution in [0.1, 0.15) is 26.7 Å². The van der Waals surface area contributed by atoms with Crippen LogP contribution in [0.5, 0.6) is 11.5 Å². The van der Waals surface area contributed by atoms with Crippen molar-refractivity contribution < 1.29 is 32.1 Å². The van der Waals surface area contributed by atoms with Crippen LogP contribution in [0.15, 0.2) is 46.4 Å². The standard InChI is InChI=1S/C12H14ClFN2O2.C12H14F2N2O2/c2*1-7(4-9-6-17-12(15)16-9)18-11-3-2-8(13)5-10(11)14/h2*2-3,5,7,9H,4,6H2,1H3,(H2,15,16)/t2*7-,9-/m00/s1. The van der Waals surface area contributed by atoms with E-state index in [-0.39, 0.29) is 47.8 Å². The fourth-order valence-electron chi connectivity index (χ4n) is 3.55. The minimum absolute atomic E-state index is 0.0276. The summed E-state index contributed by atoms with van der Waals surface area (Å²) in [5, 5.41) is 0.342. The summed E-state index contributed by atoms with van der Waals surface area (Å²) in [7, 11) is 0. The van der Waals surface area contributed by atoms with Gasteiger partial charge in [0, 0.05) is 23.9 Å². The van der Waals surface area contributed by atoms with Crippen LogP contribution in [0.25, 0.3) is 0 Å². The minimum atomic E-state index is -0.715. The molecule has 0 amide bonds. The van der Waals surface area contributed by atoms with E-state index in [1.807, 2.05) is 6.92 Å². The molecule has 2 aromatic rings. The molecule has 0 fully saturated rings. The van der Waals surface area contributed by atoms with E-state index in [0.717, 1.165) is 12.1 Å². The van der Waals surface area contributed by atoms with Gasteiger partial charge in [-0.15, -0.1) is 0 Å². The maximum absolute atomic E-state index is 13.5. The molecule has 4 N–H and O–H groups in total. The third-order valence-corrected chi connectivity index (χ3v) is 5.35. The van der Waals surface area contributed by atoms with Crippen molar-refractivity contribution in [2.24, 2.45) is 21.5 Å². The number of hydrogen-bond acceptors (Lipinski definition) is 8.